The fourth-order valence-electron chi connectivity index (χ4n) is 3.49. The summed E-state index contributed by atoms with van der Waals surface area (Å²) >= 11 is 12.3. The molecule has 1 aliphatic heterocycles. The molecule has 0 aromatic heterocycles. The van der Waals surface area contributed by atoms with Crippen molar-refractivity contribution in [2.75, 3.05) is 18.4 Å². The molecular formula is C21H24Cl2N2O. The van der Waals surface area contributed by atoms with Crippen molar-refractivity contribution in [1.82, 2.24) is 4.90 Å². The zero-order valence-corrected chi connectivity index (χ0v) is 16.7. The van der Waals surface area contributed by atoms with Gasteiger partial charge in [0.05, 0.1) is 5.92 Å². The first kappa shape index (κ1) is 19.2. The highest BCUT2D eigenvalue weighted by Gasteiger charge is 2.26. The van der Waals surface area contributed by atoms with Gasteiger partial charge in [-0.25, -0.2) is 0 Å². The van der Waals surface area contributed by atoms with E-state index < -0.39 is 0 Å². The Kier molecular flexibility index (Phi) is 6.23. The van der Waals surface area contributed by atoms with E-state index in [2.05, 4.69) is 23.2 Å². The van der Waals surface area contributed by atoms with E-state index in [-0.39, 0.29) is 11.8 Å². The lowest BCUT2D eigenvalue weighted by Crippen LogP contribution is -2.40. The van der Waals surface area contributed by atoms with Gasteiger partial charge in [0.2, 0.25) is 5.91 Å². The Bertz CT molecular complexity index is 807. The Balaban J connectivity index is 1.63. The number of hydrogen-bond acceptors (Lipinski definition) is 2. The molecule has 1 amide bonds. The summed E-state index contributed by atoms with van der Waals surface area (Å²) in [4.78, 5) is 15.0. The normalized spacial score (nSPS) is 17.9. The summed E-state index contributed by atoms with van der Waals surface area (Å²) in [6, 6.07) is 11.7. The highest BCUT2D eigenvalue weighted by Crippen LogP contribution is 2.26. The molecule has 1 N–H and O–H groups in total. The second kappa shape index (κ2) is 8.43. The molecule has 1 heterocycles. The monoisotopic (exact) mass is 390 g/mol. The molecule has 2 aromatic rings. The number of hydrogen-bond donors (Lipinski definition) is 1. The van der Waals surface area contributed by atoms with Gasteiger partial charge in [0, 0.05) is 28.8 Å². The standard InChI is InChI=1S/C21H24Cl2N2O/c1-14-5-8-20(15(2)10-14)24-21(26)17-4-3-9-25(13-17)12-16-6-7-18(22)11-19(16)23/h5-8,10-11,17H,3-4,9,12-13H2,1-2H3,(H,24,26)/t17-/m0/s1. The number of carbonyl (C=O) groups is 1. The second-order valence-electron chi connectivity index (χ2n) is 7.12. The number of nitrogens with zero attached hydrogens (tertiary/aromatic N) is 1. The van der Waals surface area contributed by atoms with E-state index in [4.69, 9.17) is 23.2 Å². The van der Waals surface area contributed by atoms with Gasteiger partial charge in [-0.1, -0.05) is 47.0 Å². The molecule has 2 aromatic carbocycles. The molecule has 0 bridgehead atoms. The predicted octanol–water partition coefficient (Wildman–Crippen LogP) is 5.46. The van der Waals surface area contributed by atoms with E-state index in [9.17, 15) is 4.79 Å². The lowest BCUT2D eigenvalue weighted by Gasteiger charge is -2.32. The maximum atomic E-state index is 12.7. The number of aryl methyl sites for hydroxylation is 2. The first-order chi connectivity index (χ1) is 12.4. The fraction of sp³-hybridized carbons (Fsp3) is 0.381. The van der Waals surface area contributed by atoms with Crippen LogP contribution in [0.2, 0.25) is 10.0 Å². The predicted molar refractivity (Wildman–Crippen MR) is 109 cm³/mol. The summed E-state index contributed by atoms with van der Waals surface area (Å²) in [5, 5.41) is 4.42. The first-order valence-electron chi connectivity index (χ1n) is 8.97. The number of benzene rings is 2. The van der Waals surface area contributed by atoms with E-state index in [1.807, 2.05) is 31.2 Å². The number of nitrogens with one attached hydrogen (secondary N) is 1. The lowest BCUT2D eigenvalue weighted by atomic mass is 9.96. The summed E-state index contributed by atoms with van der Waals surface area (Å²) in [6.45, 7) is 6.54. The Labute approximate surface area is 165 Å². The van der Waals surface area contributed by atoms with Crippen LogP contribution in [-0.4, -0.2) is 23.9 Å². The van der Waals surface area contributed by atoms with Crippen LogP contribution in [0.3, 0.4) is 0 Å². The fourth-order valence-corrected chi connectivity index (χ4v) is 3.96. The zero-order valence-electron chi connectivity index (χ0n) is 15.2. The topological polar surface area (TPSA) is 32.3 Å². The SMILES string of the molecule is Cc1ccc(NC(=O)[C@H]2CCCN(Cc3ccc(Cl)cc3Cl)C2)c(C)c1. The molecule has 0 unspecified atom stereocenters. The van der Waals surface area contributed by atoms with Crippen molar-refractivity contribution >= 4 is 34.8 Å². The second-order valence-corrected chi connectivity index (χ2v) is 7.96. The Morgan fingerprint density at radius 1 is 1.19 bits per heavy atom. The molecule has 1 aliphatic rings. The number of anilines is 1. The van der Waals surface area contributed by atoms with Crippen molar-refractivity contribution in [1.29, 1.82) is 0 Å². The van der Waals surface area contributed by atoms with E-state index in [1.54, 1.807) is 6.07 Å². The van der Waals surface area contributed by atoms with Gasteiger partial charge in [-0.2, -0.15) is 0 Å². The number of likely N-dealkylation sites (tertiary alicyclic amines) is 1. The minimum atomic E-state index is -0.00414. The van der Waals surface area contributed by atoms with Crippen molar-refractivity contribution in [2.45, 2.75) is 33.2 Å². The minimum absolute atomic E-state index is 0.00414. The average molecular weight is 391 g/mol. The third-order valence-corrected chi connectivity index (χ3v) is 5.51. The Morgan fingerprint density at radius 2 is 2.00 bits per heavy atom. The van der Waals surface area contributed by atoms with Crippen LogP contribution in [0.25, 0.3) is 0 Å². The number of carbonyl (C=O) groups excluding carboxylic acids is 1. The smallest absolute Gasteiger partial charge is 0.228 e. The highest BCUT2D eigenvalue weighted by atomic mass is 35.5. The molecule has 138 valence electrons. The van der Waals surface area contributed by atoms with Crippen molar-refractivity contribution < 1.29 is 4.79 Å². The molecule has 5 heteroatoms. The number of halogens is 2. The van der Waals surface area contributed by atoms with Gasteiger partial charge < -0.3 is 5.32 Å². The Morgan fingerprint density at radius 3 is 2.73 bits per heavy atom. The summed E-state index contributed by atoms with van der Waals surface area (Å²) in [5.74, 6) is 0.0967. The highest BCUT2D eigenvalue weighted by molar-refractivity contribution is 6.35. The van der Waals surface area contributed by atoms with Crippen LogP contribution < -0.4 is 5.32 Å². The summed E-state index contributed by atoms with van der Waals surface area (Å²) in [6.07, 6.45) is 1.93. The van der Waals surface area contributed by atoms with Crippen LogP contribution in [-0.2, 0) is 11.3 Å². The molecule has 0 saturated carbocycles. The van der Waals surface area contributed by atoms with Gasteiger partial charge in [0.1, 0.15) is 0 Å². The van der Waals surface area contributed by atoms with Gasteiger partial charge >= 0.3 is 0 Å². The number of rotatable bonds is 4. The van der Waals surface area contributed by atoms with Crippen LogP contribution in [0.5, 0.6) is 0 Å². The maximum absolute atomic E-state index is 12.7. The zero-order chi connectivity index (χ0) is 18.7. The molecular weight excluding hydrogens is 367 g/mol. The van der Waals surface area contributed by atoms with Crippen molar-refractivity contribution in [2.24, 2.45) is 5.92 Å². The molecule has 0 radical (unpaired) electrons. The van der Waals surface area contributed by atoms with E-state index in [1.165, 1.54) is 5.56 Å². The molecule has 3 nitrogen and oxygen atoms in total. The summed E-state index contributed by atoms with van der Waals surface area (Å²) in [7, 11) is 0. The first-order valence-corrected chi connectivity index (χ1v) is 9.72. The van der Waals surface area contributed by atoms with Crippen molar-refractivity contribution in [3.05, 3.63) is 63.1 Å². The number of piperidine rings is 1. The Hall–Kier alpha value is -1.55. The van der Waals surface area contributed by atoms with Gasteiger partial charge in [0.15, 0.2) is 0 Å². The van der Waals surface area contributed by atoms with Crippen molar-refractivity contribution in [3.8, 4) is 0 Å². The molecule has 1 saturated heterocycles. The van der Waals surface area contributed by atoms with Crippen LogP contribution >= 0.6 is 23.2 Å². The summed E-state index contributed by atoms with van der Waals surface area (Å²) in [5.41, 5.74) is 4.24. The minimum Gasteiger partial charge on any atom is -0.326 e. The molecule has 0 aliphatic carbocycles. The van der Waals surface area contributed by atoms with E-state index >= 15 is 0 Å². The van der Waals surface area contributed by atoms with Gasteiger partial charge in [0.25, 0.3) is 0 Å². The van der Waals surface area contributed by atoms with Gasteiger partial charge in [-0.05, 0) is 62.6 Å². The lowest BCUT2D eigenvalue weighted by molar-refractivity contribution is -0.121. The van der Waals surface area contributed by atoms with Gasteiger partial charge in [-0.15, -0.1) is 0 Å². The van der Waals surface area contributed by atoms with Crippen LogP contribution in [0.4, 0.5) is 5.69 Å². The quantitative estimate of drug-likeness (QED) is 0.751. The number of amides is 1. The van der Waals surface area contributed by atoms with Crippen molar-refractivity contribution in [3.63, 3.8) is 0 Å². The van der Waals surface area contributed by atoms with E-state index in [0.29, 0.717) is 10.0 Å². The van der Waals surface area contributed by atoms with E-state index in [0.717, 1.165) is 49.3 Å². The third-order valence-electron chi connectivity index (χ3n) is 4.93. The molecule has 1 atom stereocenters. The molecule has 3 rings (SSSR count). The maximum Gasteiger partial charge on any atom is 0.228 e. The van der Waals surface area contributed by atoms with Gasteiger partial charge in [-0.3, -0.25) is 9.69 Å². The molecule has 0 spiro atoms. The van der Waals surface area contributed by atoms with Crippen LogP contribution in [0, 0.1) is 19.8 Å². The largest absolute Gasteiger partial charge is 0.326 e. The molecule has 26 heavy (non-hydrogen) atoms. The third kappa shape index (κ3) is 4.79. The summed E-state index contributed by atoms with van der Waals surface area (Å²) < 4.78 is 0. The average Bonchev–Trinajstić information content (AvgIpc) is 2.60. The van der Waals surface area contributed by atoms with Crippen LogP contribution in [0.15, 0.2) is 36.4 Å². The van der Waals surface area contributed by atoms with Crippen LogP contribution in [0.1, 0.15) is 29.5 Å². The molecule has 1 fully saturated rings.